The lowest BCUT2D eigenvalue weighted by Gasteiger charge is -2.18. The average molecular weight is 300 g/mol. The van der Waals surface area contributed by atoms with Crippen LogP contribution in [-0.2, 0) is 4.79 Å². The molecule has 1 amide bonds. The van der Waals surface area contributed by atoms with Crippen LogP contribution in [0.4, 0.5) is 10.1 Å². The monoisotopic (exact) mass is 299 g/mol. The molecule has 1 aliphatic rings. The fourth-order valence-corrected chi connectivity index (χ4v) is 2.30. The van der Waals surface area contributed by atoms with Crippen molar-refractivity contribution in [3.8, 4) is 5.75 Å². The number of hydrogen-bond acceptors (Lipinski definition) is 2. The van der Waals surface area contributed by atoms with E-state index < -0.39 is 11.6 Å². The van der Waals surface area contributed by atoms with Crippen molar-refractivity contribution in [2.75, 3.05) is 11.4 Å². The van der Waals surface area contributed by atoms with Gasteiger partial charge in [-0.1, -0.05) is 22.0 Å². The maximum Gasteiger partial charge on any atom is 0.227 e. The zero-order chi connectivity index (χ0) is 12.6. The van der Waals surface area contributed by atoms with E-state index in [4.69, 9.17) is 0 Å². The molecule has 3 nitrogen and oxygen atoms in total. The van der Waals surface area contributed by atoms with Gasteiger partial charge in [0.1, 0.15) is 0 Å². The summed E-state index contributed by atoms with van der Waals surface area (Å²) < 4.78 is 13.8. The number of phenolic OH excluding ortho intramolecular Hbond substituents is 1. The highest BCUT2D eigenvalue weighted by molar-refractivity contribution is 9.10. The number of anilines is 1. The van der Waals surface area contributed by atoms with Gasteiger partial charge in [0.2, 0.25) is 5.91 Å². The van der Waals surface area contributed by atoms with E-state index in [1.807, 2.05) is 0 Å². The van der Waals surface area contributed by atoms with Gasteiger partial charge in [0.15, 0.2) is 11.6 Å². The Balaban J connectivity index is 2.41. The smallest absolute Gasteiger partial charge is 0.227 e. The minimum absolute atomic E-state index is 0.0453. The third-order valence-electron chi connectivity index (χ3n) is 2.79. The Kier molecular flexibility index (Phi) is 3.19. The number of phenols is 1. The van der Waals surface area contributed by atoms with Gasteiger partial charge in [-0.3, -0.25) is 4.79 Å². The van der Waals surface area contributed by atoms with Crippen molar-refractivity contribution in [2.45, 2.75) is 6.42 Å². The van der Waals surface area contributed by atoms with E-state index in [0.717, 1.165) is 6.07 Å². The van der Waals surface area contributed by atoms with Crippen LogP contribution in [-0.4, -0.2) is 17.6 Å². The number of carbonyl (C=O) groups is 1. The molecule has 0 aliphatic carbocycles. The summed E-state index contributed by atoms with van der Waals surface area (Å²) >= 11 is 3.14. The van der Waals surface area contributed by atoms with Crippen molar-refractivity contribution in [3.05, 3.63) is 35.1 Å². The molecule has 1 aromatic rings. The van der Waals surface area contributed by atoms with E-state index in [-0.39, 0.29) is 17.5 Å². The molecule has 17 heavy (non-hydrogen) atoms. The lowest BCUT2D eigenvalue weighted by Crippen LogP contribution is -2.24. The molecule has 1 fully saturated rings. The molecule has 0 radical (unpaired) electrons. The van der Waals surface area contributed by atoms with Gasteiger partial charge in [-0.15, -0.1) is 6.58 Å². The minimum Gasteiger partial charge on any atom is -0.503 e. The Labute approximate surface area is 107 Å². The number of benzene rings is 1. The number of halogens is 2. The molecular weight excluding hydrogens is 289 g/mol. The standard InChI is InChI=1S/C12H11BrFNO2/c1-2-7-3-11(16)15(6-7)10-5-8(13)4-9(14)12(10)17/h2,4-5,7,17H,1,3,6H2. The summed E-state index contributed by atoms with van der Waals surface area (Å²) in [7, 11) is 0. The van der Waals surface area contributed by atoms with E-state index in [9.17, 15) is 14.3 Å². The van der Waals surface area contributed by atoms with Gasteiger partial charge in [-0.2, -0.15) is 0 Å². The van der Waals surface area contributed by atoms with Crippen LogP contribution < -0.4 is 4.90 Å². The molecule has 5 heteroatoms. The molecule has 1 saturated heterocycles. The van der Waals surface area contributed by atoms with Crippen LogP contribution in [0.25, 0.3) is 0 Å². The van der Waals surface area contributed by atoms with Gasteiger partial charge in [0.25, 0.3) is 0 Å². The SMILES string of the molecule is C=CC1CC(=O)N(c2cc(Br)cc(F)c2O)C1. The van der Waals surface area contributed by atoms with Gasteiger partial charge >= 0.3 is 0 Å². The van der Waals surface area contributed by atoms with Crippen molar-refractivity contribution in [3.63, 3.8) is 0 Å². The van der Waals surface area contributed by atoms with E-state index >= 15 is 0 Å². The number of amides is 1. The predicted molar refractivity (Wildman–Crippen MR) is 66.4 cm³/mol. The van der Waals surface area contributed by atoms with Crippen LogP contribution in [0.1, 0.15) is 6.42 Å². The molecule has 1 aromatic carbocycles. The fraction of sp³-hybridized carbons (Fsp3) is 0.250. The third kappa shape index (κ3) is 2.20. The molecule has 1 aliphatic heterocycles. The van der Waals surface area contributed by atoms with Gasteiger partial charge in [0.05, 0.1) is 5.69 Å². The third-order valence-corrected chi connectivity index (χ3v) is 3.24. The number of rotatable bonds is 2. The van der Waals surface area contributed by atoms with Crippen molar-refractivity contribution in [2.24, 2.45) is 5.92 Å². The summed E-state index contributed by atoms with van der Waals surface area (Å²) in [6, 6.07) is 2.69. The maximum atomic E-state index is 13.4. The molecule has 0 saturated carbocycles. The minimum atomic E-state index is -0.746. The van der Waals surface area contributed by atoms with Gasteiger partial charge in [-0.25, -0.2) is 4.39 Å². The summed E-state index contributed by atoms with van der Waals surface area (Å²) in [6.07, 6.45) is 2.04. The number of nitrogens with zero attached hydrogens (tertiary/aromatic N) is 1. The molecule has 1 atom stereocenters. The lowest BCUT2D eigenvalue weighted by molar-refractivity contribution is -0.117. The largest absolute Gasteiger partial charge is 0.503 e. The van der Waals surface area contributed by atoms with E-state index in [1.165, 1.54) is 11.0 Å². The predicted octanol–water partition coefficient (Wildman–Crippen LogP) is 2.83. The van der Waals surface area contributed by atoms with Crippen LogP contribution in [0.3, 0.4) is 0 Å². The molecule has 90 valence electrons. The summed E-state index contributed by atoms with van der Waals surface area (Å²) in [6.45, 7) is 4.06. The number of hydrogen-bond donors (Lipinski definition) is 1. The van der Waals surface area contributed by atoms with E-state index in [2.05, 4.69) is 22.5 Å². The van der Waals surface area contributed by atoms with E-state index in [0.29, 0.717) is 17.4 Å². The highest BCUT2D eigenvalue weighted by Gasteiger charge is 2.31. The van der Waals surface area contributed by atoms with E-state index in [1.54, 1.807) is 6.08 Å². The van der Waals surface area contributed by atoms with Gasteiger partial charge < -0.3 is 10.0 Å². The second-order valence-corrected chi connectivity index (χ2v) is 4.88. The van der Waals surface area contributed by atoms with Crippen molar-refractivity contribution in [1.29, 1.82) is 0 Å². The zero-order valence-electron chi connectivity index (χ0n) is 8.99. The Morgan fingerprint density at radius 2 is 2.29 bits per heavy atom. The molecule has 2 rings (SSSR count). The lowest BCUT2D eigenvalue weighted by atomic mass is 10.1. The summed E-state index contributed by atoms with van der Waals surface area (Å²) in [5, 5.41) is 9.64. The van der Waals surface area contributed by atoms with Gasteiger partial charge in [0, 0.05) is 23.4 Å². The van der Waals surface area contributed by atoms with Crippen LogP contribution in [0.2, 0.25) is 0 Å². The van der Waals surface area contributed by atoms with Gasteiger partial charge in [-0.05, 0) is 12.1 Å². The molecular formula is C12H11BrFNO2. The first-order valence-electron chi connectivity index (χ1n) is 5.14. The molecule has 0 bridgehead atoms. The van der Waals surface area contributed by atoms with Crippen molar-refractivity contribution in [1.82, 2.24) is 0 Å². The second kappa shape index (κ2) is 4.49. The Hall–Kier alpha value is -1.36. The first-order chi connectivity index (χ1) is 8.02. The fourth-order valence-electron chi connectivity index (χ4n) is 1.88. The Morgan fingerprint density at radius 1 is 1.59 bits per heavy atom. The zero-order valence-corrected chi connectivity index (χ0v) is 10.6. The van der Waals surface area contributed by atoms with Crippen molar-refractivity contribution >= 4 is 27.5 Å². The van der Waals surface area contributed by atoms with Crippen LogP contribution >= 0.6 is 15.9 Å². The summed E-state index contributed by atoms with van der Waals surface area (Å²) in [5.41, 5.74) is 0.200. The summed E-state index contributed by atoms with van der Waals surface area (Å²) in [4.78, 5) is 13.1. The van der Waals surface area contributed by atoms with Crippen LogP contribution in [0.5, 0.6) is 5.75 Å². The molecule has 0 aromatic heterocycles. The molecule has 1 N–H and O–H groups in total. The first kappa shape index (κ1) is 12.1. The van der Waals surface area contributed by atoms with Crippen molar-refractivity contribution < 1.29 is 14.3 Å². The average Bonchev–Trinajstić information content (AvgIpc) is 2.65. The molecule has 1 heterocycles. The second-order valence-electron chi connectivity index (χ2n) is 3.96. The normalized spacial score (nSPS) is 19.8. The number of carbonyl (C=O) groups excluding carboxylic acids is 1. The highest BCUT2D eigenvalue weighted by atomic mass is 79.9. The quantitative estimate of drug-likeness (QED) is 0.853. The topological polar surface area (TPSA) is 40.5 Å². The molecule has 1 unspecified atom stereocenters. The number of aromatic hydroxyl groups is 1. The van der Waals surface area contributed by atoms with Crippen LogP contribution in [0.15, 0.2) is 29.3 Å². The summed E-state index contributed by atoms with van der Waals surface area (Å²) in [5.74, 6) is -1.33. The van der Waals surface area contributed by atoms with Crippen LogP contribution in [0, 0.1) is 11.7 Å². The Bertz CT molecular complexity index is 490. The Morgan fingerprint density at radius 3 is 2.88 bits per heavy atom. The molecule has 0 spiro atoms. The highest BCUT2D eigenvalue weighted by Crippen LogP contribution is 2.36. The maximum absolute atomic E-state index is 13.4. The first-order valence-corrected chi connectivity index (χ1v) is 5.93.